The van der Waals surface area contributed by atoms with Crippen molar-refractivity contribution in [3.63, 3.8) is 0 Å². The Balaban J connectivity index is 1.78. The highest BCUT2D eigenvalue weighted by atomic mass is 32.2. The van der Waals surface area contributed by atoms with Crippen LogP contribution < -0.4 is 10.0 Å². The van der Waals surface area contributed by atoms with E-state index in [4.69, 9.17) is 0 Å². The Bertz CT molecular complexity index is 763. The zero-order valence-corrected chi connectivity index (χ0v) is 12.5. The van der Waals surface area contributed by atoms with Gasteiger partial charge in [-0.15, -0.1) is 0 Å². The molecule has 22 heavy (non-hydrogen) atoms. The Morgan fingerprint density at radius 3 is 2.27 bits per heavy atom. The van der Waals surface area contributed by atoms with Crippen LogP contribution in [-0.2, 0) is 10.2 Å². The van der Waals surface area contributed by atoms with Crippen LogP contribution in [0.1, 0.15) is 11.6 Å². The average Bonchev–Trinajstić information content (AvgIpc) is 2.85. The Labute approximate surface area is 128 Å². The first-order chi connectivity index (χ1) is 10.6. The van der Waals surface area contributed by atoms with E-state index in [9.17, 15) is 13.2 Å². The predicted molar refractivity (Wildman–Crippen MR) is 83.4 cm³/mol. The molecule has 0 bridgehead atoms. The second-order valence-corrected chi connectivity index (χ2v) is 6.54. The van der Waals surface area contributed by atoms with E-state index < -0.39 is 22.3 Å². The Kier molecular flexibility index (Phi) is 3.82. The van der Waals surface area contributed by atoms with Gasteiger partial charge in [-0.3, -0.25) is 0 Å². The molecule has 1 aliphatic rings. The number of para-hydroxylation sites is 1. The van der Waals surface area contributed by atoms with Crippen LogP contribution in [0.5, 0.6) is 0 Å². The topological polar surface area (TPSA) is 78.5 Å². The van der Waals surface area contributed by atoms with E-state index >= 15 is 0 Å². The SMILES string of the molecule is O=C(Nc1ccccc1)N1CC(c2ccccc2)NS1(=O)=O. The number of rotatable bonds is 2. The number of carbonyl (C=O) groups excluding carboxylic acids is 1. The Morgan fingerprint density at radius 2 is 1.64 bits per heavy atom. The average molecular weight is 317 g/mol. The lowest BCUT2D eigenvalue weighted by Gasteiger charge is -2.14. The summed E-state index contributed by atoms with van der Waals surface area (Å²) in [5, 5.41) is 2.58. The van der Waals surface area contributed by atoms with Crippen LogP contribution in [-0.4, -0.2) is 25.3 Å². The molecule has 1 fully saturated rings. The van der Waals surface area contributed by atoms with Crippen molar-refractivity contribution in [3.8, 4) is 0 Å². The minimum atomic E-state index is -3.83. The molecule has 1 aliphatic heterocycles. The van der Waals surface area contributed by atoms with Gasteiger partial charge in [-0.2, -0.15) is 13.1 Å². The standard InChI is InChI=1S/C15H15N3O3S/c19-15(16-13-9-5-2-6-10-13)18-11-14(17-22(18,20)21)12-7-3-1-4-8-12/h1-10,14,17H,11H2,(H,16,19). The van der Waals surface area contributed by atoms with Gasteiger partial charge in [0.05, 0.1) is 12.6 Å². The first-order valence-electron chi connectivity index (χ1n) is 6.77. The van der Waals surface area contributed by atoms with E-state index in [1.54, 1.807) is 24.3 Å². The molecular weight excluding hydrogens is 302 g/mol. The van der Waals surface area contributed by atoms with Crippen LogP contribution in [0.2, 0.25) is 0 Å². The summed E-state index contributed by atoms with van der Waals surface area (Å²) in [6.45, 7) is 0.0605. The molecule has 2 amide bonds. The molecule has 1 unspecified atom stereocenters. The van der Waals surface area contributed by atoms with Gasteiger partial charge in [0.15, 0.2) is 0 Å². The molecule has 0 saturated carbocycles. The van der Waals surface area contributed by atoms with Gasteiger partial charge in [0, 0.05) is 5.69 Å². The van der Waals surface area contributed by atoms with Crippen molar-refractivity contribution in [2.45, 2.75) is 6.04 Å². The van der Waals surface area contributed by atoms with Crippen LogP contribution in [0.15, 0.2) is 60.7 Å². The number of hydrogen-bond donors (Lipinski definition) is 2. The first kappa shape index (κ1) is 14.6. The molecule has 6 nitrogen and oxygen atoms in total. The monoisotopic (exact) mass is 317 g/mol. The van der Waals surface area contributed by atoms with Gasteiger partial charge >= 0.3 is 16.2 Å². The van der Waals surface area contributed by atoms with Crippen LogP contribution >= 0.6 is 0 Å². The molecule has 1 atom stereocenters. The van der Waals surface area contributed by atoms with Crippen LogP contribution in [0, 0.1) is 0 Å². The number of amides is 2. The molecule has 1 heterocycles. The minimum absolute atomic E-state index is 0.0605. The van der Waals surface area contributed by atoms with Gasteiger partial charge in [-0.25, -0.2) is 9.10 Å². The molecular formula is C15H15N3O3S. The highest BCUT2D eigenvalue weighted by Gasteiger charge is 2.39. The molecule has 1 saturated heterocycles. The van der Waals surface area contributed by atoms with E-state index in [1.807, 2.05) is 36.4 Å². The number of benzene rings is 2. The zero-order valence-electron chi connectivity index (χ0n) is 11.6. The summed E-state index contributed by atoms with van der Waals surface area (Å²) in [4.78, 5) is 12.2. The van der Waals surface area contributed by atoms with Crippen molar-refractivity contribution in [2.75, 3.05) is 11.9 Å². The fourth-order valence-corrected chi connectivity index (χ4v) is 3.61. The van der Waals surface area contributed by atoms with E-state index in [1.165, 1.54) is 0 Å². The smallest absolute Gasteiger partial charge is 0.307 e. The summed E-state index contributed by atoms with van der Waals surface area (Å²) in [7, 11) is -3.83. The maximum atomic E-state index is 12.2. The molecule has 2 aromatic rings. The van der Waals surface area contributed by atoms with Gasteiger partial charge in [0.25, 0.3) is 0 Å². The van der Waals surface area contributed by atoms with Gasteiger partial charge in [0.1, 0.15) is 0 Å². The minimum Gasteiger partial charge on any atom is -0.307 e. The maximum Gasteiger partial charge on any atom is 0.336 e. The van der Waals surface area contributed by atoms with E-state index in [0.717, 1.165) is 9.87 Å². The molecule has 0 aliphatic carbocycles. The fraction of sp³-hybridized carbons (Fsp3) is 0.133. The van der Waals surface area contributed by atoms with Crippen LogP contribution in [0.4, 0.5) is 10.5 Å². The summed E-state index contributed by atoms with van der Waals surface area (Å²) in [5.41, 5.74) is 1.37. The van der Waals surface area contributed by atoms with Gasteiger partial charge in [-0.1, -0.05) is 48.5 Å². The third-order valence-corrected chi connectivity index (χ3v) is 4.86. The first-order valence-corrected chi connectivity index (χ1v) is 8.21. The molecule has 0 spiro atoms. The number of urea groups is 1. The Morgan fingerprint density at radius 1 is 1.05 bits per heavy atom. The van der Waals surface area contributed by atoms with Crippen molar-refractivity contribution in [1.29, 1.82) is 0 Å². The lowest BCUT2D eigenvalue weighted by Crippen LogP contribution is -2.38. The van der Waals surface area contributed by atoms with Crippen molar-refractivity contribution < 1.29 is 13.2 Å². The second-order valence-electron chi connectivity index (χ2n) is 4.91. The number of nitrogens with one attached hydrogen (secondary N) is 2. The number of anilines is 1. The van der Waals surface area contributed by atoms with Crippen LogP contribution in [0.25, 0.3) is 0 Å². The quantitative estimate of drug-likeness (QED) is 0.890. The number of carbonyl (C=O) groups is 1. The molecule has 114 valence electrons. The highest BCUT2D eigenvalue weighted by molar-refractivity contribution is 7.88. The second kappa shape index (κ2) is 5.78. The summed E-state index contributed by atoms with van der Waals surface area (Å²) >= 11 is 0. The largest absolute Gasteiger partial charge is 0.336 e. The molecule has 0 radical (unpaired) electrons. The normalized spacial score (nSPS) is 19.8. The third-order valence-electron chi connectivity index (χ3n) is 3.38. The number of nitrogens with zero attached hydrogens (tertiary/aromatic N) is 1. The van der Waals surface area contributed by atoms with Crippen molar-refractivity contribution in [3.05, 3.63) is 66.2 Å². The zero-order chi connectivity index (χ0) is 15.6. The molecule has 3 rings (SSSR count). The van der Waals surface area contributed by atoms with E-state index in [2.05, 4.69) is 10.0 Å². The van der Waals surface area contributed by atoms with Crippen LogP contribution in [0.3, 0.4) is 0 Å². The maximum absolute atomic E-state index is 12.2. The lowest BCUT2D eigenvalue weighted by atomic mass is 10.1. The van der Waals surface area contributed by atoms with E-state index in [0.29, 0.717) is 5.69 Å². The summed E-state index contributed by atoms with van der Waals surface area (Å²) < 4.78 is 27.6. The van der Waals surface area contributed by atoms with Gasteiger partial charge in [0.2, 0.25) is 0 Å². The lowest BCUT2D eigenvalue weighted by molar-refractivity contribution is 0.237. The van der Waals surface area contributed by atoms with Crippen molar-refractivity contribution >= 4 is 21.9 Å². The summed E-state index contributed by atoms with van der Waals surface area (Å²) in [6, 6.07) is 16.8. The molecule has 2 N–H and O–H groups in total. The Hall–Kier alpha value is -2.38. The molecule has 7 heteroatoms. The molecule has 2 aromatic carbocycles. The molecule has 0 aromatic heterocycles. The summed E-state index contributed by atoms with van der Waals surface area (Å²) in [5.74, 6) is 0. The van der Waals surface area contributed by atoms with Gasteiger partial charge in [-0.05, 0) is 17.7 Å². The fourth-order valence-electron chi connectivity index (χ4n) is 2.30. The van der Waals surface area contributed by atoms with Crippen molar-refractivity contribution in [1.82, 2.24) is 9.03 Å². The summed E-state index contributed by atoms with van der Waals surface area (Å²) in [6.07, 6.45) is 0. The number of hydrogen-bond acceptors (Lipinski definition) is 3. The third kappa shape index (κ3) is 2.95. The van der Waals surface area contributed by atoms with Crippen molar-refractivity contribution in [2.24, 2.45) is 0 Å². The predicted octanol–water partition coefficient (Wildman–Crippen LogP) is 2.11. The highest BCUT2D eigenvalue weighted by Crippen LogP contribution is 2.24. The van der Waals surface area contributed by atoms with E-state index in [-0.39, 0.29) is 6.54 Å². The van der Waals surface area contributed by atoms with Gasteiger partial charge < -0.3 is 5.32 Å².